The molecule has 0 saturated heterocycles. The Morgan fingerprint density at radius 3 is 2.17 bits per heavy atom. The number of amides is 2. The molecule has 0 aliphatic carbocycles. The van der Waals surface area contributed by atoms with Gasteiger partial charge in [0.1, 0.15) is 5.75 Å². The second-order valence-corrected chi connectivity index (χ2v) is 7.49. The van der Waals surface area contributed by atoms with Crippen LogP contribution < -0.4 is 20.3 Å². The number of anilines is 1. The molecule has 7 heteroatoms. The maximum Gasteiger partial charge on any atom is 0.309 e. The molecule has 30 heavy (non-hydrogen) atoms. The van der Waals surface area contributed by atoms with E-state index in [0.29, 0.717) is 19.5 Å². The number of hydrogen-bond acceptors (Lipinski definition) is 5. The van der Waals surface area contributed by atoms with Gasteiger partial charge in [0, 0.05) is 32.9 Å². The monoisotopic (exact) mass is 412 g/mol. The number of rotatable bonds is 9. The lowest BCUT2D eigenvalue weighted by Crippen LogP contribution is -2.43. The van der Waals surface area contributed by atoms with Gasteiger partial charge in [0.2, 0.25) is 0 Å². The largest absolute Gasteiger partial charge is 0.496 e. The van der Waals surface area contributed by atoms with Gasteiger partial charge in [-0.3, -0.25) is 9.59 Å². The Labute approximate surface area is 179 Å². The number of likely N-dealkylation sites (N-methyl/N-ethyl adjacent to an activating group) is 1. The molecule has 0 unspecified atom stereocenters. The Hall–Kier alpha value is -3.06. The summed E-state index contributed by atoms with van der Waals surface area (Å²) >= 11 is 0. The number of carbonyl (C=O) groups excluding carboxylic acids is 2. The Morgan fingerprint density at radius 1 is 0.933 bits per heavy atom. The van der Waals surface area contributed by atoms with Gasteiger partial charge < -0.3 is 25.2 Å². The van der Waals surface area contributed by atoms with Gasteiger partial charge in [0.15, 0.2) is 0 Å². The summed E-state index contributed by atoms with van der Waals surface area (Å²) in [7, 11) is 9.49. The molecule has 2 aromatic rings. The molecule has 7 nitrogen and oxygen atoms in total. The zero-order valence-electron chi connectivity index (χ0n) is 18.4. The molecule has 0 aliphatic rings. The van der Waals surface area contributed by atoms with Gasteiger partial charge >= 0.3 is 11.8 Å². The van der Waals surface area contributed by atoms with Crippen molar-refractivity contribution >= 4 is 17.5 Å². The summed E-state index contributed by atoms with van der Waals surface area (Å²) in [5.41, 5.74) is 3.16. The third kappa shape index (κ3) is 6.49. The molecule has 0 aromatic heterocycles. The molecule has 0 bridgehead atoms. The van der Waals surface area contributed by atoms with Crippen LogP contribution in [0.5, 0.6) is 5.75 Å². The first-order valence-electron chi connectivity index (χ1n) is 9.95. The topological polar surface area (TPSA) is 73.9 Å². The van der Waals surface area contributed by atoms with Crippen LogP contribution >= 0.6 is 0 Å². The summed E-state index contributed by atoms with van der Waals surface area (Å²) in [6.45, 7) is 0.697. The second-order valence-electron chi connectivity index (χ2n) is 7.49. The van der Waals surface area contributed by atoms with Gasteiger partial charge in [-0.15, -0.1) is 0 Å². The fraction of sp³-hybridized carbons (Fsp3) is 0.391. The molecule has 0 radical (unpaired) electrons. The van der Waals surface area contributed by atoms with Crippen molar-refractivity contribution in [2.75, 3.05) is 53.3 Å². The van der Waals surface area contributed by atoms with Crippen molar-refractivity contribution < 1.29 is 14.3 Å². The molecular weight excluding hydrogens is 380 g/mol. The van der Waals surface area contributed by atoms with Crippen LogP contribution in [-0.2, 0) is 16.0 Å². The third-order valence-corrected chi connectivity index (χ3v) is 4.95. The van der Waals surface area contributed by atoms with E-state index < -0.39 is 11.8 Å². The van der Waals surface area contributed by atoms with Crippen LogP contribution in [0.4, 0.5) is 5.69 Å². The summed E-state index contributed by atoms with van der Waals surface area (Å²) in [6, 6.07) is 15.7. The van der Waals surface area contributed by atoms with Crippen LogP contribution in [0.2, 0.25) is 0 Å². The lowest BCUT2D eigenvalue weighted by molar-refractivity contribution is -0.139. The lowest BCUT2D eigenvalue weighted by Gasteiger charge is -2.25. The van der Waals surface area contributed by atoms with E-state index in [0.717, 1.165) is 22.6 Å². The minimum absolute atomic E-state index is 0.0356. The Bertz CT molecular complexity index is 835. The highest BCUT2D eigenvalue weighted by atomic mass is 16.5. The van der Waals surface area contributed by atoms with Gasteiger partial charge in [-0.1, -0.05) is 30.3 Å². The quantitative estimate of drug-likeness (QED) is 0.615. The Balaban J connectivity index is 1.86. The number of para-hydroxylation sites is 1. The molecule has 162 valence electrons. The Morgan fingerprint density at radius 2 is 1.57 bits per heavy atom. The fourth-order valence-electron chi connectivity index (χ4n) is 3.16. The molecular formula is C23H32N4O3. The van der Waals surface area contributed by atoms with Crippen molar-refractivity contribution in [1.82, 2.24) is 15.5 Å². The molecule has 2 aromatic carbocycles. The average molecular weight is 413 g/mol. The van der Waals surface area contributed by atoms with Crippen molar-refractivity contribution in [3.8, 4) is 5.75 Å². The number of benzene rings is 2. The van der Waals surface area contributed by atoms with Crippen molar-refractivity contribution in [2.24, 2.45) is 0 Å². The summed E-state index contributed by atoms with van der Waals surface area (Å²) in [4.78, 5) is 28.4. The highest BCUT2D eigenvalue weighted by Gasteiger charge is 2.19. The van der Waals surface area contributed by atoms with E-state index in [1.165, 1.54) is 0 Å². The first kappa shape index (κ1) is 23.2. The average Bonchev–Trinajstić information content (AvgIpc) is 2.74. The van der Waals surface area contributed by atoms with E-state index in [2.05, 4.69) is 10.6 Å². The first-order valence-corrected chi connectivity index (χ1v) is 9.95. The minimum atomic E-state index is -0.634. The van der Waals surface area contributed by atoms with E-state index >= 15 is 0 Å². The van der Waals surface area contributed by atoms with Gasteiger partial charge in [-0.25, -0.2) is 0 Å². The SMILES string of the molecule is COc1ccccc1CCNC(=O)C(=O)NC[C@@H](c1ccc(N(C)C)cc1)N(C)C. The highest BCUT2D eigenvalue weighted by molar-refractivity contribution is 6.35. The number of nitrogens with one attached hydrogen (secondary N) is 2. The number of carbonyl (C=O) groups is 2. The number of ether oxygens (including phenoxy) is 1. The van der Waals surface area contributed by atoms with Crippen LogP contribution in [-0.4, -0.2) is 65.1 Å². The van der Waals surface area contributed by atoms with Gasteiger partial charge in [-0.2, -0.15) is 0 Å². The zero-order valence-corrected chi connectivity index (χ0v) is 18.4. The first-order chi connectivity index (χ1) is 14.3. The van der Waals surface area contributed by atoms with Crippen molar-refractivity contribution in [3.63, 3.8) is 0 Å². The number of hydrogen-bond donors (Lipinski definition) is 2. The minimum Gasteiger partial charge on any atom is -0.496 e. The molecule has 2 amide bonds. The molecule has 0 aliphatic heterocycles. The molecule has 0 spiro atoms. The van der Waals surface area contributed by atoms with E-state index in [9.17, 15) is 9.59 Å². The molecule has 2 N–H and O–H groups in total. The van der Waals surface area contributed by atoms with Gasteiger partial charge in [0.05, 0.1) is 13.2 Å². The van der Waals surface area contributed by atoms with E-state index in [-0.39, 0.29) is 6.04 Å². The van der Waals surface area contributed by atoms with Crippen molar-refractivity contribution in [2.45, 2.75) is 12.5 Å². The second kappa shape index (κ2) is 11.2. The summed E-state index contributed by atoms with van der Waals surface area (Å²) in [5, 5.41) is 5.41. The van der Waals surface area contributed by atoms with E-state index in [1.807, 2.05) is 86.5 Å². The normalized spacial score (nSPS) is 11.7. The standard InChI is InChI=1S/C23H32N4O3/c1-26(2)19-12-10-17(11-13-19)20(27(3)4)16-25-23(29)22(28)24-15-14-18-8-6-7-9-21(18)30-5/h6-13,20H,14-16H2,1-5H3,(H,24,28)(H,25,29)/t20-/m0/s1. The summed E-state index contributed by atoms with van der Waals surface area (Å²) in [6.07, 6.45) is 0.585. The molecule has 2 rings (SSSR count). The van der Waals surface area contributed by atoms with Gasteiger partial charge in [0.25, 0.3) is 0 Å². The molecule has 0 fully saturated rings. The maximum atomic E-state index is 12.2. The smallest absolute Gasteiger partial charge is 0.309 e. The zero-order chi connectivity index (χ0) is 22.1. The van der Waals surface area contributed by atoms with Crippen LogP contribution in [0.25, 0.3) is 0 Å². The van der Waals surface area contributed by atoms with Crippen LogP contribution in [0, 0.1) is 0 Å². The Kier molecular flexibility index (Phi) is 8.68. The lowest BCUT2D eigenvalue weighted by atomic mass is 10.1. The summed E-state index contributed by atoms with van der Waals surface area (Å²) in [5.74, 6) is -0.498. The predicted molar refractivity (Wildman–Crippen MR) is 120 cm³/mol. The maximum absolute atomic E-state index is 12.2. The van der Waals surface area contributed by atoms with E-state index in [1.54, 1.807) is 7.11 Å². The van der Waals surface area contributed by atoms with Crippen molar-refractivity contribution in [3.05, 3.63) is 59.7 Å². The molecule has 1 atom stereocenters. The van der Waals surface area contributed by atoms with Gasteiger partial charge in [-0.05, 0) is 49.8 Å². The van der Waals surface area contributed by atoms with Crippen molar-refractivity contribution in [1.29, 1.82) is 0 Å². The number of methoxy groups -OCH3 is 1. The highest BCUT2D eigenvalue weighted by Crippen LogP contribution is 2.21. The van der Waals surface area contributed by atoms with Crippen LogP contribution in [0.15, 0.2) is 48.5 Å². The third-order valence-electron chi connectivity index (χ3n) is 4.95. The van der Waals surface area contributed by atoms with Crippen LogP contribution in [0.1, 0.15) is 17.2 Å². The summed E-state index contributed by atoms with van der Waals surface area (Å²) < 4.78 is 5.30. The predicted octanol–water partition coefficient (Wildman–Crippen LogP) is 1.84. The van der Waals surface area contributed by atoms with E-state index in [4.69, 9.17) is 4.74 Å². The van der Waals surface area contributed by atoms with Crippen LogP contribution in [0.3, 0.4) is 0 Å². The fourth-order valence-corrected chi connectivity index (χ4v) is 3.16. The number of nitrogens with zero attached hydrogens (tertiary/aromatic N) is 2. The molecule has 0 heterocycles. The molecule has 0 saturated carbocycles.